The molecule has 2 heterocycles. The summed E-state index contributed by atoms with van der Waals surface area (Å²) in [5, 5.41) is 30.2. The number of hydrogen-bond donors (Lipinski definition) is 2. The molecule has 3 aromatic rings. The van der Waals surface area contributed by atoms with Crippen LogP contribution in [0.5, 0.6) is 0 Å². The summed E-state index contributed by atoms with van der Waals surface area (Å²) < 4.78 is 1.65. The van der Waals surface area contributed by atoms with Crippen LogP contribution in [0.15, 0.2) is 42.7 Å². The lowest BCUT2D eigenvalue weighted by molar-refractivity contribution is -0.0108. The van der Waals surface area contributed by atoms with Crippen LogP contribution in [0.25, 0.3) is 22.2 Å². The van der Waals surface area contributed by atoms with Crippen molar-refractivity contribution in [2.45, 2.75) is 50.4 Å². The van der Waals surface area contributed by atoms with Crippen molar-refractivity contribution in [3.8, 4) is 11.3 Å². The number of aliphatic hydroxyl groups excluding tert-OH is 1. The second-order valence-electron chi connectivity index (χ2n) is 6.99. The Bertz CT molecular complexity index is 865. The Morgan fingerprint density at radius 3 is 2.84 bits per heavy atom. The van der Waals surface area contributed by atoms with Crippen LogP contribution in [0.1, 0.15) is 32.1 Å². The van der Waals surface area contributed by atoms with E-state index in [-0.39, 0.29) is 0 Å². The van der Waals surface area contributed by atoms with E-state index in [1.807, 2.05) is 36.5 Å². The third-order valence-corrected chi connectivity index (χ3v) is 5.01. The van der Waals surface area contributed by atoms with Gasteiger partial charge in [-0.3, -0.25) is 4.98 Å². The number of fused-ring (bicyclic) bond motifs is 1. The second-order valence-corrected chi connectivity index (χ2v) is 6.99. The molecule has 1 saturated carbocycles. The van der Waals surface area contributed by atoms with Crippen LogP contribution in [-0.4, -0.2) is 41.9 Å². The van der Waals surface area contributed by atoms with Crippen LogP contribution in [0.2, 0.25) is 0 Å². The van der Waals surface area contributed by atoms with Crippen LogP contribution in [0.4, 0.5) is 0 Å². The van der Waals surface area contributed by atoms with Gasteiger partial charge in [-0.1, -0.05) is 36.3 Å². The molecule has 1 atom stereocenters. The van der Waals surface area contributed by atoms with Gasteiger partial charge in [0.05, 0.1) is 30.0 Å². The average molecular weight is 338 g/mol. The number of aromatic nitrogens is 4. The molecule has 6 heteroatoms. The summed E-state index contributed by atoms with van der Waals surface area (Å²) in [6.07, 6.45) is 6.98. The fraction of sp³-hybridized carbons (Fsp3) is 0.421. The van der Waals surface area contributed by atoms with Crippen molar-refractivity contribution in [2.75, 3.05) is 0 Å². The Morgan fingerprint density at radius 2 is 2.00 bits per heavy atom. The highest BCUT2D eigenvalue weighted by Crippen LogP contribution is 2.33. The van der Waals surface area contributed by atoms with Crippen LogP contribution >= 0.6 is 0 Å². The molecule has 25 heavy (non-hydrogen) atoms. The lowest BCUT2D eigenvalue weighted by Crippen LogP contribution is -2.32. The van der Waals surface area contributed by atoms with Crippen LogP contribution < -0.4 is 0 Å². The minimum absolute atomic E-state index is 0.332. The molecule has 6 nitrogen and oxygen atoms in total. The third kappa shape index (κ3) is 3.41. The van der Waals surface area contributed by atoms with Gasteiger partial charge in [-0.15, -0.1) is 5.10 Å². The van der Waals surface area contributed by atoms with Gasteiger partial charge in [-0.05, 0) is 25.0 Å². The first-order valence-electron chi connectivity index (χ1n) is 8.78. The van der Waals surface area contributed by atoms with E-state index in [0.29, 0.717) is 13.0 Å². The monoisotopic (exact) mass is 338 g/mol. The molecule has 0 saturated heterocycles. The zero-order valence-electron chi connectivity index (χ0n) is 14.0. The standard InChI is InChI=1S/C19H22N4O2/c24-14(11-19(25)8-1-2-9-19)12-23-13-18(21-22-23)16-5-3-7-17-15(16)6-4-10-20-17/h3-7,10,13-14,24-25H,1-2,8-9,11-12H2. The van der Waals surface area contributed by atoms with Crippen molar-refractivity contribution in [2.24, 2.45) is 0 Å². The number of nitrogens with zero attached hydrogens (tertiary/aromatic N) is 4. The first-order chi connectivity index (χ1) is 12.1. The highest BCUT2D eigenvalue weighted by atomic mass is 16.3. The Kier molecular flexibility index (Phi) is 4.23. The van der Waals surface area contributed by atoms with Gasteiger partial charge < -0.3 is 10.2 Å². The molecule has 0 amide bonds. The molecule has 2 aromatic heterocycles. The largest absolute Gasteiger partial charge is 0.391 e. The molecule has 0 spiro atoms. The van der Waals surface area contributed by atoms with Crippen molar-refractivity contribution < 1.29 is 10.2 Å². The maximum Gasteiger partial charge on any atom is 0.113 e. The number of hydrogen-bond acceptors (Lipinski definition) is 5. The average Bonchev–Trinajstić information content (AvgIpc) is 3.23. The Labute approximate surface area is 146 Å². The van der Waals surface area contributed by atoms with Crippen LogP contribution in [-0.2, 0) is 6.54 Å². The number of rotatable bonds is 5. The molecule has 130 valence electrons. The number of aliphatic hydroxyl groups is 2. The Morgan fingerprint density at radius 1 is 1.16 bits per heavy atom. The minimum atomic E-state index is -0.718. The van der Waals surface area contributed by atoms with Gasteiger partial charge >= 0.3 is 0 Å². The molecule has 0 aliphatic heterocycles. The van der Waals surface area contributed by atoms with E-state index in [0.717, 1.165) is 47.8 Å². The van der Waals surface area contributed by atoms with E-state index in [9.17, 15) is 10.2 Å². The maximum atomic E-state index is 10.4. The minimum Gasteiger partial charge on any atom is -0.391 e. The summed E-state index contributed by atoms with van der Waals surface area (Å²) in [5.74, 6) is 0. The van der Waals surface area contributed by atoms with Crippen molar-refractivity contribution in [1.29, 1.82) is 0 Å². The fourth-order valence-corrected chi connectivity index (χ4v) is 3.79. The van der Waals surface area contributed by atoms with Crippen molar-refractivity contribution >= 4 is 10.9 Å². The van der Waals surface area contributed by atoms with E-state index < -0.39 is 11.7 Å². The molecule has 4 rings (SSSR count). The molecular weight excluding hydrogens is 316 g/mol. The van der Waals surface area contributed by atoms with E-state index in [1.54, 1.807) is 10.9 Å². The maximum absolute atomic E-state index is 10.4. The predicted octanol–water partition coefficient (Wildman–Crippen LogP) is 2.55. The fourth-order valence-electron chi connectivity index (χ4n) is 3.79. The van der Waals surface area contributed by atoms with Crippen molar-refractivity contribution in [3.63, 3.8) is 0 Å². The summed E-state index contributed by atoms with van der Waals surface area (Å²) in [5.41, 5.74) is 1.92. The molecule has 0 bridgehead atoms. The van der Waals surface area contributed by atoms with Gasteiger partial charge in [-0.25, -0.2) is 4.68 Å². The highest BCUT2D eigenvalue weighted by molar-refractivity contribution is 5.93. The topological polar surface area (TPSA) is 84.1 Å². The summed E-state index contributed by atoms with van der Waals surface area (Å²) >= 11 is 0. The molecule has 1 aromatic carbocycles. The van der Waals surface area contributed by atoms with Gasteiger partial charge in [0, 0.05) is 23.6 Å². The Balaban J connectivity index is 1.52. The Hall–Kier alpha value is -2.31. The van der Waals surface area contributed by atoms with Gasteiger partial charge in [0.2, 0.25) is 0 Å². The molecule has 1 aliphatic carbocycles. The normalized spacial score (nSPS) is 17.8. The zero-order valence-corrected chi connectivity index (χ0v) is 14.0. The zero-order chi connectivity index (χ0) is 17.3. The lowest BCUT2D eigenvalue weighted by Gasteiger charge is -2.24. The quantitative estimate of drug-likeness (QED) is 0.747. The smallest absolute Gasteiger partial charge is 0.113 e. The highest BCUT2D eigenvalue weighted by Gasteiger charge is 2.33. The lowest BCUT2D eigenvalue weighted by atomic mass is 9.94. The van der Waals surface area contributed by atoms with E-state index in [4.69, 9.17) is 0 Å². The first-order valence-corrected chi connectivity index (χ1v) is 8.78. The van der Waals surface area contributed by atoms with Gasteiger partial charge in [0.25, 0.3) is 0 Å². The summed E-state index contributed by atoms with van der Waals surface area (Å²) in [7, 11) is 0. The van der Waals surface area contributed by atoms with Crippen LogP contribution in [0, 0.1) is 0 Å². The van der Waals surface area contributed by atoms with Crippen LogP contribution in [0.3, 0.4) is 0 Å². The summed E-state index contributed by atoms with van der Waals surface area (Å²) in [4.78, 5) is 4.36. The SMILES string of the molecule is OC(Cn1cc(-c2cccc3ncccc23)nn1)CC1(O)CCCC1. The predicted molar refractivity (Wildman–Crippen MR) is 94.8 cm³/mol. The summed E-state index contributed by atoms with van der Waals surface area (Å²) in [6, 6.07) is 9.84. The summed E-state index contributed by atoms with van der Waals surface area (Å²) in [6.45, 7) is 0.332. The van der Waals surface area contributed by atoms with Crippen molar-refractivity contribution in [3.05, 3.63) is 42.7 Å². The van der Waals surface area contributed by atoms with Gasteiger partial charge in [0.1, 0.15) is 5.69 Å². The number of benzene rings is 1. The van der Waals surface area contributed by atoms with E-state index in [1.165, 1.54) is 0 Å². The first kappa shape index (κ1) is 16.2. The molecule has 1 unspecified atom stereocenters. The van der Waals surface area contributed by atoms with Crippen molar-refractivity contribution in [1.82, 2.24) is 20.0 Å². The molecular formula is C19H22N4O2. The van der Waals surface area contributed by atoms with E-state index in [2.05, 4.69) is 15.3 Å². The molecule has 1 fully saturated rings. The molecule has 0 radical (unpaired) electrons. The second kappa shape index (κ2) is 6.54. The van der Waals surface area contributed by atoms with Gasteiger partial charge in [0.15, 0.2) is 0 Å². The molecule has 2 N–H and O–H groups in total. The van der Waals surface area contributed by atoms with Gasteiger partial charge in [-0.2, -0.15) is 0 Å². The number of pyridine rings is 1. The molecule has 1 aliphatic rings. The van der Waals surface area contributed by atoms with E-state index >= 15 is 0 Å². The third-order valence-electron chi connectivity index (χ3n) is 5.01.